The van der Waals surface area contributed by atoms with Gasteiger partial charge in [-0.15, -0.1) is 0 Å². The molecule has 0 unspecified atom stereocenters. The SMILES string of the molecule is COC(=O)c1ccnc(NC(=O)c2ccn(-c3ccccc3Cl)n2)c1. The topological polar surface area (TPSA) is 86.1 Å². The number of para-hydroxylation sites is 1. The number of benzene rings is 1. The summed E-state index contributed by atoms with van der Waals surface area (Å²) >= 11 is 6.12. The minimum Gasteiger partial charge on any atom is -0.465 e. The lowest BCUT2D eigenvalue weighted by atomic mass is 10.2. The van der Waals surface area contributed by atoms with Crippen molar-refractivity contribution in [3.8, 4) is 5.69 Å². The van der Waals surface area contributed by atoms with Gasteiger partial charge in [-0.3, -0.25) is 4.79 Å². The average Bonchev–Trinajstić information content (AvgIpc) is 3.11. The van der Waals surface area contributed by atoms with E-state index in [-0.39, 0.29) is 17.1 Å². The van der Waals surface area contributed by atoms with E-state index >= 15 is 0 Å². The number of pyridine rings is 1. The van der Waals surface area contributed by atoms with Crippen LogP contribution in [0.5, 0.6) is 0 Å². The van der Waals surface area contributed by atoms with Gasteiger partial charge in [0.25, 0.3) is 5.91 Å². The van der Waals surface area contributed by atoms with Gasteiger partial charge in [0, 0.05) is 12.4 Å². The van der Waals surface area contributed by atoms with Gasteiger partial charge in [-0.2, -0.15) is 5.10 Å². The zero-order chi connectivity index (χ0) is 17.8. The summed E-state index contributed by atoms with van der Waals surface area (Å²) < 4.78 is 6.15. The summed E-state index contributed by atoms with van der Waals surface area (Å²) in [5.41, 5.74) is 1.13. The summed E-state index contributed by atoms with van der Waals surface area (Å²) in [4.78, 5) is 27.8. The molecule has 0 aliphatic heterocycles. The molecule has 0 saturated heterocycles. The second-order valence-corrected chi connectivity index (χ2v) is 5.38. The Morgan fingerprint density at radius 2 is 2.00 bits per heavy atom. The standard InChI is InChI=1S/C17H13ClN4O3/c1-25-17(24)11-6-8-19-15(10-11)20-16(23)13-7-9-22(21-13)14-5-3-2-4-12(14)18/h2-10H,1H3,(H,19,20,23). The van der Waals surface area contributed by atoms with Crippen LogP contribution in [0.2, 0.25) is 5.02 Å². The number of ether oxygens (including phenoxy) is 1. The number of hydrogen-bond donors (Lipinski definition) is 1. The van der Waals surface area contributed by atoms with E-state index in [9.17, 15) is 9.59 Å². The average molecular weight is 357 g/mol. The maximum Gasteiger partial charge on any atom is 0.338 e. The van der Waals surface area contributed by atoms with Gasteiger partial charge in [-0.1, -0.05) is 23.7 Å². The van der Waals surface area contributed by atoms with Gasteiger partial charge in [0.15, 0.2) is 5.69 Å². The predicted molar refractivity (Wildman–Crippen MR) is 92.1 cm³/mol. The zero-order valence-electron chi connectivity index (χ0n) is 13.1. The van der Waals surface area contributed by atoms with Crippen molar-refractivity contribution in [2.45, 2.75) is 0 Å². The number of nitrogens with one attached hydrogen (secondary N) is 1. The maximum absolute atomic E-state index is 12.3. The number of aromatic nitrogens is 3. The molecule has 1 N–H and O–H groups in total. The Morgan fingerprint density at radius 1 is 1.20 bits per heavy atom. The van der Waals surface area contributed by atoms with E-state index in [1.165, 1.54) is 30.1 Å². The Morgan fingerprint density at radius 3 is 2.76 bits per heavy atom. The molecule has 8 heteroatoms. The number of nitrogens with zero attached hydrogens (tertiary/aromatic N) is 3. The van der Waals surface area contributed by atoms with Gasteiger partial charge in [0.2, 0.25) is 0 Å². The summed E-state index contributed by atoms with van der Waals surface area (Å²) in [6.45, 7) is 0. The molecule has 3 aromatic rings. The second kappa shape index (κ2) is 7.14. The lowest BCUT2D eigenvalue weighted by molar-refractivity contribution is 0.0600. The van der Waals surface area contributed by atoms with Crippen LogP contribution in [0.1, 0.15) is 20.8 Å². The van der Waals surface area contributed by atoms with Crippen LogP contribution < -0.4 is 5.32 Å². The van der Waals surface area contributed by atoms with Gasteiger partial charge < -0.3 is 10.1 Å². The number of carbonyl (C=O) groups excluding carboxylic acids is 2. The highest BCUT2D eigenvalue weighted by Crippen LogP contribution is 2.19. The minimum atomic E-state index is -0.513. The summed E-state index contributed by atoms with van der Waals surface area (Å²) in [5, 5.41) is 7.32. The highest BCUT2D eigenvalue weighted by Gasteiger charge is 2.13. The van der Waals surface area contributed by atoms with Crippen molar-refractivity contribution < 1.29 is 14.3 Å². The normalized spacial score (nSPS) is 10.3. The number of amides is 1. The second-order valence-electron chi connectivity index (χ2n) is 4.97. The Balaban J connectivity index is 1.79. The van der Waals surface area contributed by atoms with Crippen LogP contribution in [0.4, 0.5) is 5.82 Å². The highest BCUT2D eigenvalue weighted by atomic mass is 35.5. The first-order valence-electron chi connectivity index (χ1n) is 7.25. The zero-order valence-corrected chi connectivity index (χ0v) is 13.9. The molecule has 0 bridgehead atoms. The maximum atomic E-state index is 12.3. The van der Waals surface area contributed by atoms with Crippen molar-refractivity contribution in [2.75, 3.05) is 12.4 Å². The Labute approximate surface area is 148 Å². The monoisotopic (exact) mass is 356 g/mol. The predicted octanol–water partition coefficient (Wildman–Crippen LogP) is 2.96. The Hall–Kier alpha value is -3.19. The molecule has 0 radical (unpaired) electrons. The molecular weight excluding hydrogens is 344 g/mol. The van der Waals surface area contributed by atoms with E-state index in [1.807, 2.05) is 12.1 Å². The smallest absolute Gasteiger partial charge is 0.338 e. The lowest BCUT2D eigenvalue weighted by Crippen LogP contribution is -2.15. The largest absolute Gasteiger partial charge is 0.465 e. The van der Waals surface area contributed by atoms with Crippen LogP contribution in [-0.2, 0) is 4.74 Å². The van der Waals surface area contributed by atoms with Gasteiger partial charge in [-0.25, -0.2) is 14.5 Å². The molecule has 0 spiro atoms. The summed E-state index contributed by atoms with van der Waals surface area (Å²) in [6, 6.07) is 11.6. The molecule has 1 aromatic carbocycles. The highest BCUT2D eigenvalue weighted by molar-refractivity contribution is 6.32. The van der Waals surface area contributed by atoms with E-state index in [0.29, 0.717) is 10.7 Å². The number of hydrogen-bond acceptors (Lipinski definition) is 5. The molecule has 25 heavy (non-hydrogen) atoms. The van der Waals surface area contributed by atoms with Crippen molar-refractivity contribution in [3.63, 3.8) is 0 Å². The van der Waals surface area contributed by atoms with Gasteiger partial charge >= 0.3 is 5.97 Å². The van der Waals surface area contributed by atoms with E-state index in [4.69, 9.17) is 11.6 Å². The fraction of sp³-hybridized carbons (Fsp3) is 0.0588. The molecule has 2 aromatic heterocycles. The van der Waals surface area contributed by atoms with Crippen molar-refractivity contribution in [3.05, 3.63) is 71.1 Å². The molecule has 3 rings (SSSR count). The quantitative estimate of drug-likeness (QED) is 0.726. The molecular formula is C17H13ClN4O3. The number of rotatable bonds is 4. The first kappa shape index (κ1) is 16.7. The van der Waals surface area contributed by atoms with E-state index in [0.717, 1.165) is 0 Å². The van der Waals surface area contributed by atoms with Crippen LogP contribution in [0.3, 0.4) is 0 Å². The van der Waals surface area contributed by atoms with E-state index < -0.39 is 11.9 Å². The summed E-state index contributed by atoms with van der Waals surface area (Å²) in [6.07, 6.45) is 3.04. The first-order chi connectivity index (χ1) is 12.1. The lowest BCUT2D eigenvalue weighted by Gasteiger charge is -2.05. The van der Waals surface area contributed by atoms with Crippen molar-refractivity contribution in [2.24, 2.45) is 0 Å². The van der Waals surface area contributed by atoms with Crippen molar-refractivity contribution in [1.29, 1.82) is 0 Å². The van der Waals surface area contributed by atoms with Crippen LogP contribution in [0.25, 0.3) is 5.69 Å². The van der Waals surface area contributed by atoms with E-state index in [1.54, 1.807) is 24.4 Å². The fourth-order valence-corrected chi connectivity index (χ4v) is 2.36. The Bertz CT molecular complexity index is 939. The van der Waals surface area contributed by atoms with Crippen LogP contribution in [0.15, 0.2) is 54.9 Å². The van der Waals surface area contributed by atoms with Gasteiger partial charge in [0.05, 0.1) is 23.4 Å². The first-order valence-corrected chi connectivity index (χ1v) is 7.62. The molecule has 0 fully saturated rings. The molecule has 2 heterocycles. The number of esters is 1. The molecule has 7 nitrogen and oxygen atoms in total. The molecule has 126 valence electrons. The van der Waals surface area contributed by atoms with Crippen molar-refractivity contribution in [1.82, 2.24) is 14.8 Å². The molecule has 0 aliphatic carbocycles. The number of anilines is 1. The molecule has 1 amide bonds. The minimum absolute atomic E-state index is 0.185. The summed E-state index contributed by atoms with van der Waals surface area (Å²) in [7, 11) is 1.28. The third kappa shape index (κ3) is 3.67. The van der Waals surface area contributed by atoms with Crippen LogP contribution in [0, 0.1) is 0 Å². The van der Waals surface area contributed by atoms with Crippen molar-refractivity contribution >= 4 is 29.3 Å². The number of carbonyl (C=O) groups is 2. The molecule has 0 atom stereocenters. The van der Waals surface area contributed by atoms with E-state index in [2.05, 4.69) is 20.1 Å². The molecule has 0 aliphatic rings. The van der Waals surface area contributed by atoms with Crippen LogP contribution >= 0.6 is 11.6 Å². The Kier molecular flexibility index (Phi) is 4.76. The third-order valence-corrected chi connectivity index (χ3v) is 3.66. The number of methoxy groups -OCH3 is 1. The fourth-order valence-electron chi connectivity index (χ4n) is 2.14. The van der Waals surface area contributed by atoms with Gasteiger partial charge in [-0.05, 0) is 30.3 Å². The molecule has 0 saturated carbocycles. The number of halogens is 1. The van der Waals surface area contributed by atoms with Gasteiger partial charge in [0.1, 0.15) is 5.82 Å². The third-order valence-electron chi connectivity index (χ3n) is 3.34. The summed E-state index contributed by atoms with van der Waals surface area (Å²) in [5.74, 6) is -0.749. The van der Waals surface area contributed by atoms with Crippen LogP contribution in [-0.4, -0.2) is 33.8 Å².